The Kier molecular flexibility index (Phi) is 4.18. The molecule has 0 aliphatic carbocycles. The maximum absolute atomic E-state index is 13.9. The van der Waals surface area contributed by atoms with Crippen molar-refractivity contribution in [3.05, 3.63) is 35.1 Å². The lowest BCUT2D eigenvalue weighted by atomic mass is 9.93. The quantitative estimate of drug-likeness (QED) is 0.830. The molecule has 1 aromatic carbocycles. The molecule has 1 saturated heterocycles. The summed E-state index contributed by atoms with van der Waals surface area (Å²) in [4.78, 5) is 2.36. The number of benzene rings is 1. The Bertz CT molecular complexity index is 480. The maximum Gasteiger partial charge on any atom is 0.128 e. The van der Waals surface area contributed by atoms with Crippen LogP contribution in [0.25, 0.3) is 0 Å². The van der Waals surface area contributed by atoms with Gasteiger partial charge in [-0.25, -0.2) is 4.39 Å². The number of nitrogens with zero attached hydrogens (tertiary/aromatic N) is 1. The first-order valence-corrected chi connectivity index (χ1v) is 6.81. The fourth-order valence-corrected chi connectivity index (χ4v) is 2.39. The van der Waals surface area contributed by atoms with Crippen LogP contribution in [-0.2, 0) is 6.54 Å². The summed E-state index contributed by atoms with van der Waals surface area (Å²) in [6.45, 7) is 3.97. The molecule has 0 spiro atoms. The van der Waals surface area contributed by atoms with Crippen molar-refractivity contribution in [1.29, 1.82) is 0 Å². The van der Waals surface area contributed by atoms with Crippen molar-refractivity contribution in [1.82, 2.24) is 4.90 Å². The van der Waals surface area contributed by atoms with Crippen molar-refractivity contribution in [2.24, 2.45) is 5.73 Å². The Morgan fingerprint density at radius 1 is 1.47 bits per heavy atom. The lowest BCUT2D eigenvalue weighted by Gasteiger charge is -2.35. The zero-order valence-corrected chi connectivity index (χ0v) is 11.8. The van der Waals surface area contributed by atoms with Gasteiger partial charge in [0.2, 0.25) is 0 Å². The van der Waals surface area contributed by atoms with Crippen LogP contribution < -0.4 is 5.73 Å². The van der Waals surface area contributed by atoms with Crippen LogP contribution in [-0.4, -0.2) is 33.7 Å². The minimum Gasteiger partial charge on any atom is -0.390 e. The van der Waals surface area contributed by atoms with Gasteiger partial charge in [0.25, 0.3) is 0 Å². The lowest BCUT2D eigenvalue weighted by Crippen LogP contribution is -2.42. The standard InChI is InChI=1S/C14H19FN2OS/c1-14(18)4-6-17(7-5-14)9-11-3-2-10(13(16)19)8-12(11)15/h2-3,8,18H,4-7,9H2,1H3,(H2,16,19). The number of aliphatic hydroxyl groups is 1. The van der Waals surface area contributed by atoms with Gasteiger partial charge in [-0.05, 0) is 25.8 Å². The highest BCUT2D eigenvalue weighted by Crippen LogP contribution is 2.23. The minimum atomic E-state index is -0.579. The third-order valence-electron chi connectivity index (χ3n) is 3.66. The van der Waals surface area contributed by atoms with Gasteiger partial charge in [0.1, 0.15) is 10.8 Å². The molecule has 1 heterocycles. The second-order valence-electron chi connectivity index (χ2n) is 5.44. The van der Waals surface area contributed by atoms with Gasteiger partial charge in [0.15, 0.2) is 0 Å². The largest absolute Gasteiger partial charge is 0.390 e. The molecule has 104 valence electrons. The smallest absolute Gasteiger partial charge is 0.128 e. The van der Waals surface area contributed by atoms with Crippen LogP contribution in [0.3, 0.4) is 0 Å². The Morgan fingerprint density at radius 3 is 2.63 bits per heavy atom. The van der Waals surface area contributed by atoms with E-state index < -0.39 is 5.60 Å². The Labute approximate surface area is 118 Å². The van der Waals surface area contributed by atoms with Crippen LogP contribution in [0.15, 0.2) is 18.2 Å². The van der Waals surface area contributed by atoms with Gasteiger partial charge in [0, 0.05) is 30.8 Å². The van der Waals surface area contributed by atoms with E-state index in [0.29, 0.717) is 17.7 Å². The lowest BCUT2D eigenvalue weighted by molar-refractivity contribution is -0.00749. The van der Waals surface area contributed by atoms with E-state index in [1.807, 2.05) is 6.92 Å². The highest BCUT2D eigenvalue weighted by atomic mass is 32.1. The first kappa shape index (κ1) is 14.4. The van der Waals surface area contributed by atoms with E-state index >= 15 is 0 Å². The van der Waals surface area contributed by atoms with E-state index in [1.54, 1.807) is 12.1 Å². The molecule has 1 aliphatic rings. The molecule has 2 rings (SSSR count). The predicted molar refractivity (Wildman–Crippen MR) is 77.4 cm³/mol. The van der Waals surface area contributed by atoms with Crippen LogP contribution >= 0.6 is 12.2 Å². The molecule has 19 heavy (non-hydrogen) atoms. The van der Waals surface area contributed by atoms with Gasteiger partial charge in [-0.3, -0.25) is 4.90 Å². The summed E-state index contributed by atoms with van der Waals surface area (Å²) in [6.07, 6.45) is 1.44. The summed E-state index contributed by atoms with van der Waals surface area (Å²) in [7, 11) is 0. The fraction of sp³-hybridized carbons (Fsp3) is 0.500. The van der Waals surface area contributed by atoms with Gasteiger partial charge in [-0.2, -0.15) is 0 Å². The number of thiocarbonyl (C=S) groups is 1. The molecule has 1 aromatic rings. The van der Waals surface area contributed by atoms with Gasteiger partial charge >= 0.3 is 0 Å². The SMILES string of the molecule is CC1(O)CCN(Cc2ccc(C(N)=S)cc2F)CC1. The van der Waals surface area contributed by atoms with Crippen molar-refractivity contribution in [2.75, 3.05) is 13.1 Å². The first-order valence-electron chi connectivity index (χ1n) is 6.40. The number of piperidine rings is 1. The van der Waals surface area contributed by atoms with Gasteiger partial charge < -0.3 is 10.8 Å². The van der Waals surface area contributed by atoms with Crippen LogP contribution in [0, 0.1) is 5.82 Å². The van der Waals surface area contributed by atoms with Crippen molar-refractivity contribution in [2.45, 2.75) is 31.9 Å². The minimum absolute atomic E-state index is 0.208. The molecule has 0 unspecified atom stereocenters. The van der Waals surface area contributed by atoms with E-state index in [0.717, 1.165) is 25.9 Å². The summed E-state index contributed by atoms with van der Waals surface area (Å²) in [6, 6.07) is 4.87. The van der Waals surface area contributed by atoms with Crippen molar-refractivity contribution in [3.8, 4) is 0 Å². The second-order valence-corrected chi connectivity index (χ2v) is 5.88. The topological polar surface area (TPSA) is 49.5 Å². The monoisotopic (exact) mass is 282 g/mol. The number of rotatable bonds is 3. The Balaban J connectivity index is 2.02. The van der Waals surface area contributed by atoms with E-state index in [2.05, 4.69) is 4.90 Å². The van der Waals surface area contributed by atoms with Crippen LogP contribution in [0.4, 0.5) is 4.39 Å². The number of nitrogens with two attached hydrogens (primary N) is 1. The number of hydrogen-bond donors (Lipinski definition) is 2. The van der Waals surface area contributed by atoms with Gasteiger partial charge in [0.05, 0.1) is 5.60 Å². The van der Waals surface area contributed by atoms with Crippen molar-refractivity contribution < 1.29 is 9.50 Å². The molecule has 0 aromatic heterocycles. The average molecular weight is 282 g/mol. The molecule has 0 bridgehead atoms. The number of likely N-dealkylation sites (tertiary alicyclic amines) is 1. The zero-order valence-electron chi connectivity index (χ0n) is 11.0. The summed E-state index contributed by atoms with van der Waals surface area (Å²) < 4.78 is 13.9. The molecule has 0 atom stereocenters. The Morgan fingerprint density at radius 2 is 2.11 bits per heavy atom. The predicted octanol–water partition coefficient (Wildman–Crippen LogP) is 1.81. The summed E-state index contributed by atoms with van der Waals surface area (Å²) in [5.41, 5.74) is 6.09. The van der Waals surface area contributed by atoms with Crippen molar-refractivity contribution in [3.63, 3.8) is 0 Å². The molecular weight excluding hydrogens is 263 g/mol. The van der Waals surface area contributed by atoms with E-state index in [1.165, 1.54) is 6.07 Å². The normalized spacial score (nSPS) is 19.3. The third kappa shape index (κ3) is 3.72. The molecular formula is C14H19FN2OS. The molecule has 0 saturated carbocycles. The third-order valence-corrected chi connectivity index (χ3v) is 3.90. The van der Waals surface area contributed by atoms with Crippen LogP contribution in [0.1, 0.15) is 30.9 Å². The van der Waals surface area contributed by atoms with Crippen LogP contribution in [0.2, 0.25) is 0 Å². The molecule has 1 fully saturated rings. The highest BCUT2D eigenvalue weighted by molar-refractivity contribution is 7.80. The van der Waals surface area contributed by atoms with Crippen LogP contribution in [0.5, 0.6) is 0 Å². The Hall–Kier alpha value is -1.04. The molecule has 3 nitrogen and oxygen atoms in total. The summed E-state index contributed by atoms with van der Waals surface area (Å²) in [5.74, 6) is -0.275. The van der Waals surface area contributed by atoms with Gasteiger partial charge in [-0.1, -0.05) is 24.4 Å². The first-order chi connectivity index (χ1) is 8.87. The van der Waals surface area contributed by atoms with Gasteiger partial charge in [-0.15, -0.1) is 0 Å². The maximum atomic E-state index is 13.9. The molecule has 0 radical (unpaired) electrons. The zero-order chi connectivity index (χ0) is 14.0. The molecule has 1 aliphatic heterocycles. The fourth-order valence-electron chi connectivity index (χ4n) is 2.26. The van der Waals surface area contributed by atoms with Crippen molar-refractivity contribution >= 4 is 17.2 Å². The molecule has 5 heteroatoms. The second kappa shape index (κ2) is 5.53. The number of halogens is 1. The molecule has 3 N–H and O–H groups in total. The highest BCUT2D eigenvalue weighted by Gasteiger charge is 2.27. The summed E-state index contributed by atoms with van der Waals surface area (Å²) in [5, 5.41) is 9.88. The summed E-state index contributed by atoms with van der Waals surface area (Å²) >= 11 is 4.82. The average Bonchev–Trinajstić information content (AvgIpc) is 2.34. The molecule has 0 amide bonds. The van der Waals surface area contributed by atoms with E-state index in [4.69, 9.17) is 18.0 Å². The number of hydrogen-bond acceptors (Lipinski definition) is 3. The van der Waals surface area contributed by atoms with E-state index in [9.17, 15) is 9.50 Å². The van der Waals surface area contributed by atoms with E-state index in [-0.39, 0.29) is 10.8 Å².